The number of halogens is 1. The molecule has 0 aliphatic heterocycles. The van der Waals surface area contributed by atoms with E-state index >= 15 is 0 Å². The molecule has 0 fully saturated rings. The van der Waals surface area contributed by atoms with Gasteiger partial charge in [-0.2, -0.15) is 10.5 Å². The predicted octanol–water partition coefficient (Wildman–Crippen LogP) is 5.02. The minimum atomic E-state index is -0.621. The summed E-state index contributed by atoms with van der Waals surface area (Å²) in [5.74, 6) is 0.329. The quantitative estimate of drug-likeness (QED) is 0.513. The number of carbonyl (C=O) groups excluding carboxylic acids is 1. The van der Waals surface area contributed by atoms with E-state index in [9.17, 15) is 10.1 Å². The zero-order chi connectivity index (χ0) is 19.2. The van der Waals surface area contributed by atoms with Crippen molar-refractivity contribution in [1.29, 1.82) is 10.5 Å². The summed E-state index contributed by atoms with van der Waals surface area (Å²) in [7, 11) is 0. The molecule has 2 aromatic carbocycles. The molecule has 0 saturated heterocycles. The second-order valence-corrected chi connectivity index (χ2v) is 5.93. The molecule has 1 aromatic heterocycles. The van der Waals surface area contributed by atoms with Crippen LogP contribution in [0.25, 0.3) is 17.4 Å². The van der Waals surface area contributed by atoms with Crippen LogP contribution >= 0.6 is 11.6 Å². The Morgan fingerprint density at radius 3 is 2.48 bits per heavy atom. The van der Waals surface area contributed by atoms with Gasteiger partial charge >= 0.3 is 0 Å². The number of para-hydroxylation sites is 1. The standard InChI is InChI=1S/C21H12ClN3O2/c22-17-7-5-14(6-8-17)20-10-9-18(27-20)11-16(13-24)21(26)25-19-4-2-1-3-15(19)12-23/h1-11H,(H,25,26)/b16-11+. The Bertz CT molecular complexity index is 1100. The highest BCUT2D eigenvalue weighted by Crippen LogP contribution is 2.25. The third-order valence-corrected chi connectivity index (χ3v) is 3.95. The number of nitrogens with zero attached hydrogens (tertiary/aromatic N) is 2. The van der Waals surface area contributed by atoms with Gasteiger partial charge in [0, 0.05) is 16.7 Å². The number of carbonyl (C=O) groups is 1. The molecule has 1 N–H and O–H groups in total. The van der Waals surface area contributed by atoms with Crippen molar-refractivity contribution < 1.29 is 9.21 Å². The molecule has 0 aliphatic rings. The fourth-order valence-electron chi connectivity index (χ4n) is 2.37. The highest BCUT2D eigenvalue weighted by Gasteiger charge is 2.13. The Balaban J connectivity index is 1.82. The number of benzene rings is 2. The molecule has 5 nitrogen and oxygen atoms in total. The van der Waals surface area contributed by atoms with Crippen LogP contribution in [0.2, 0.25) is 5.02 Å². The van der Waals surface area contributed by atoms with Crippen molar-refractivity contribution >= 4 is 29.3 Å². The van der Waals surface area contributed by atoms with E-state index in [-0.39, 0.29) is 5.57 Å². The van der Waals surface area contributed by atoms with E-state index in [1.54, 1.807) is 48.5 Å². The molecule has 1 amide bonds. The maximum Gasteiger partial charge on any atom is 0.266 e. The summed E-state index contributed by atoms with van der Waals surface area (Å²) in [4.78, 5) is 12.4. The Morgan fingerprint density at radius 2 is 1.78 bits per heavy atom. The molecule has 0 radical (unpaired) electrons. The van der Waals surface area contributed by atoms with Gasteiger partial charge in [-0.05, 0) is 48.5 Å². The molecule has 3 rings (SSSR count). The van der Waals surface area contributed by atoms with Crippen LogP contribution in [0.3, 0.4) is 0 Å². The lowest BCUT2D eigenvalue weighted by molar-refractivity contribution is -0.112. The third-order valence-electron chi connectivity index (χ3n) is 3.70. The van der Waals surface area contributed by atoms with Crippen molar-refractivity contribution in [3.63, 3.8) is 0 Å². The summed E-state index contributed by atoms with van der Waals surface area (Å²) in [5.41, 5.74) is 1.34. The second-order valence-electron chi connectivity index (χ2n) is 5.49. The van der Waals surface area contributed by atoms with Gasteiger partial charge in [-0.25, -0.2) is 0 Å². The summed E-state index contributed by atoms with van der Waals surface area (Å²) in [5, 5.41) is 21.6. The van der Waals surface area contributed by atoms with Crippen molar-refractivity contribution in [3.05, 3.63) is 82.6 Å². The first-order chi connectivity index (χ1) is 13.1. The van der Waals surface area contributed by atoms with Crippen LogP contribution in [0.1, 0.15) is 11.3 Å². The van der Waals surface area contributed by atoms with Crippen molar-refractivity contribution in [1.82, 2.24) is 0 Å². The highest BCUT2D eigenvalue weighted by molar-refractivity contribution is 6.30. The number of furan rings is 1. The molecule has 0 spiro atoms. The minimum absolute atomic E-state index is 0.139. The normalized spacial score (nSPS) is 10.7. The van der Waals surface area contributed by atoms with E-state index in [0.29, 0.717) is 27.8 Å². The number of rotatable bonds is 4. The van der Waals surface area contributed by atoms with Gasteiger partial charge in [-0.15, -0.1) is 0 Å². The van der Waals surface area contributed by atoms with Gasteiger partial charge in [-0.1, -0.05) is 23.7 Å². The average molecular weight is 374 g/mol. The lowest BCUT2D eigenvalue weighted by Gasteiger charge is -2.05. The van der Waals surface area contributed by atoms with Crippen molar-refractivity contribution in [2.45, 2.75) is 0 Å². The van der Waals surface area contributed by atoms with Gasteiger partial charge in [0.05, 0.1) is 11.3 Å². The van der Waals surface area contributed by atoms with Gasteiger partial charge in [0.2, 0.25) is 0 Å². The van der Waals surface area contributed by atoms with Gasteiger partial charge < -0.3 is 9.73 Å². The molecule has 1 heterocycles. The number of nitriles is 2. The molecule has 27 heavy (non-hydrogen) atoms. The number of amides is 1. The van der Waals surface area contributed by atoms with E-state index in [4.69, 9.17) is 21.3 Å². The third kappa shape index (κ3) is 4.24. The monoisotopic (exact) mass is 373 g/mol. The van der Waals surface area contributed by atoms with Gasteiger partial charge in [-0.3, -0.25) is 4.79 Å². The zero-order valence-corrected chi connectivity index (χ0v) is 14.7. The van der Waals surface area contributed by atoms with Crippen LogP contribution in [0, 0.1) is 22.7 Å². The summed E-state index contributed by atoms with van der Waals surface area (Å²) in [6, 6.07) is 20.9. The maximum absolute atomic E-state index is 12.4. The first kappa shape index (κ1) is 18.0. The molecule has 3 aromatic rings. The van der Waals surface area contributed by atoms with Crippen molar-refractivity contribution in [3.8, 4) is 23.5 Å². The van der Waals surface area contributed by atoms with Gasteiger partial charge in [0.15, 0.2) is 0 Å². The van der Waals surface area contributed by atoms with Crippen LogP contribution < -0.4 is 5.32 Å². The molecular weight excluding hydrogens is 362 g/mol. The fraction of sp³-hybridized carbons (Fsp3) is 0. The second kappa shape index (κ2) is 8.05. The van der Waals surface area contributed by atoms with E-state index in [1.807, 2.05) is 24.3 Å². The number of anilines is 1. The van der Waals surface area contributed by atoms with Gasteiger partial charge in [0.25, 0.3) is 5.91 Å². The number of nitrogens with one attached hydrogen (secondary N) is 1. The van der Waals surface area contributed by atoms with E-state index in [2.05, 4.69) is 5.32 Å². The molecule has 130 valence electrons. The summed E-state index contributed by atoms with van der Waals surface area (Å²) < 4.78 is 5.68. The van der Waals surface area contributed by atoms with Crippen LogP contribution in [-0.4, -0.2) is 5.91 Å². The Morgan fingerprint density at radius 1 is 1.04 bits per heavy atom. The maximum atomic E-state index is 12.4. The van der Waals surface area contributed by atoms with Crippen molar-refractivity contribution in [2.24, 2.45) is 0 Å². The van der Waals surface area contributed by atoms with Gasteiger partial charge in [0.1, 0.15) is 29.2 Å². The zero-order valence-electron chi connectivity index (χ0n) is 13.9. The lowest BCUT2D eigenvalue weighted by atomic mass is 10.1. The SMILES string of the molecule is N#C/C(=C\c1ccc(-c2ccc(Cl)cc2)o1)C(=O)Nc1ccccc1C#N. The highest BCUT2D eigenvalue weighted by atomic mass is 35.5. The minimum Gasteiger partial charge on any atom is -0.457 e. The molecule has 0 atom stereocenters. The van der Waals surface area contributed by atoms with Crippen LogP contribution in [0.15, 0.2) is 70.7 Å². The summed E-state index contributed by atoms with van der Waals surface area (Å²) >= 11 is 5.87. The topological polar surface area (TPSA) is 89.8 Å². The lowest BCUT2D eigenvalue weighted by Crippen LogP contribution is -2.14. The van der Waals surface area contributed by atoms with Crippen LogP contribution in [0.5, 0.6) is 0 Å². The molecule has 0 aliphatic carbocycles. The Hall–Kier alpha value is -3.80. The van der Waals surface area contributed by atoms with E-state index < -0.39 is 5.91 Å². The Kier molecular flexibility index (Phi) is 5.37. The Labute approximate surface area is 160 Å². The van der Waals surface area contributed by atoms with Crippen molar-refractivity contribution in [2.75, 3.05) is 5.32 Å². The molecule has 0 saturated carbocycles. The molecular formula is C21H12ClN3O2. The first-order valence-corrected chi connectivity index (χ1v) is 8.26. The van der Waals surface area contributed by atoms with Crippen LogP contribution in [0.4, 0.5) is 5.69 Å². The largest absolute Gasteiger partial charge is 0.457 e. The smallest absolute Gasteiger partial charge is 0.266 e. The van der Waals surface area contributed by atoms with E-state index in [0.717, 1.165) is 5.56 Å². The summed E-state index contributed by atoms with van der Waals surface area (Å²) in [6.45, 7) is 0. The molecule has 0 unspecified atom stereocenters. The number of hydrogen-bond donors (Lipinski definition) is 1. The molecule has 0 bridgehead atoms. The summed E-state index contributed by atoms with van der Waals surface area (Å²) in [6.07, 6.45) is 1.35. The number of hydrogen-bond acceptors (Lipinski definition) is 4. The average Bonchev–Trinajstić information content (AvgIpc) is 3.15. The predicted molar refractivity (Wildman–Crippen MR) is 103 cm³/mol. The van der Waals surface area contributed by atoms with Crippen LogP contribution in [-0.2, 0) is 4.79 Å². The fourth-order valence-corrected chi connectivity index (χ4v) is 2.50. The first-order valence-electron chi connectivity index (χ1n) is 7.89. The van der Waals surface area contributed by atoms with E-state index in [1.165, 1.54) is 6.08 Å². The molecule has 6 heteroatoms.